The van der Waals surface area contributed by atoms with E-state index < -0.39 is 33.3 Å². The Kier molecular flexibility index (Phi) is 7.75. The van der Waals surface area contributed by atoms with Gasteiger partial charge in [0.2, 0.25) is 17.7 Å². The quantitative estimate of drug-likeness (QED) is 0.150. The van der Waals surface area contributed by atoms with Crippen LogP contribution in [-0.2, 0) is 16.4 Å². The van der Waals surface area contributed by atoms with Crippen LogP contribution in [0.4, 0.5) is 22.4 Å². The molecule has 0 radical (unpaired) electrons. The first kappa shape index (κ1) is 29.1. The maximum atomic E-state index is 12.8. The number of aromatic nitrogens is 5. The van der Waals surface area contributed by atoms with Crippen molar-refractivity contribution >= 4 is 57.0 Å². The molecule has 0 fully saturated rings. The zero-order valence-electron chi connectivity index (χ0n) is 21.9. The molecule has 0 aliphatic rings. The molecule has 0 saturated carbocycles. The minimum absolute atomic E-state index is 0.0162. The molecule has 0 atom stereocenters. The Bertz CT molecular complexity index is 1950. The normalized spacial score (nSPS) is 11.5. The van der Waals surface area contributed by atoms with Crippen LogP contribution in [-0.4, -0.2) is 61.7 Å². The highest BCUT2D eigenvalue weighted by Crippen LogP contribution is 2.31. The van der Waals surface area contributed by atoms with Gasteiger partial charge in [-0.3, -0.25) is 9.52 Å². The topological polar surface area (TPSA) is 245 Å². The molecule has 222 valence electrons. The van der Waals surface area contributed by atoms with Crippen LogP contribution < -0.4 is 21.1 Å². The van der Waals surface area contributed by atoms with Crippen molar-refractivity contribution in [3.05, 3.63) is 70.9 Å². The lowest BCUT2D eigenvalue weighted by atomic mass is 10.1. The van der Waals surface area contributed by atoms with E-state index in [-0.39, 0.29) is 45.6 Å². The van der Waals surface area contributed by atoms with E-state index in [1.54, 1.807) is 24.3 Å². The summed E-state index contributed by atoms with van der Waals surface area (Å²) in [7, 11) is -4.19. The second-order valence-corrected chi connectivity index (χ2v) is 11.1. The predicted molar refractivity (Wildman–Crippen MR) is 153 cm³/mol. The largest absolute Gasteiger partial charge is 0.506 e. The van der Waals surface area contributed by atoms with Gasteiger partial charge >= 0.3 is 6.09 Å². The maximum Gasteiger partial charge on any atom is 0.414 e. The van der Waals surface area contributed by atoms with Gasteiger partial charge in [0.1, 0.15) is 5.75 Å². The van der Waals surface area contributed by atoms with Crippen molar-refractivity contribution < 1.29 is 32.6 Å². The number of carbonyl (C=O) groups is 2. The fraction of sp³-hybridized carbons (Fsp3) is 0.120. The number of benzene rings is 2. The molecule has 5 aromatic rings. The van der Waals surface area contributed by atoms with Gasteiger partial charge in [0.15, 0.2) is 5.76 Å². The van der Waals surface area contributed by atoms with Crippen LogP contribution in [0.15, 0.2) is 64.1 Å². The summed E-state index contributed by atoms with van der Waals surface area (Å²) in [5.74, 6) is -1.33. The number of nitrogens with one attached hydrogen (secondary N) is 1. The van der Waals surface area contributed by atoms with Gasteiger partial charge in [-0.25, -0.2) is 18.1 Å². The highest BCUT2D eigenvalue weighted by molar-refractivity contribution is 7.92. The number of carboxylic acid groups (broad SMARTS) is 1. The number of halogens is 1. The standard InChI is InChI=1S/C25H22ClN9O7S/c26-17-12-15(11-16(19(17)36)20(27)37)43(40,41)33-14-7-5-13(6-8-14)3-1-9-34(25(38)39)23-30-22(28)35-24(31-23)29-21(32-35)18-4-2-10-42-18/h2,4-8,10-12,33,36H,1,3,9H2,(H2,27,37)(H,38,39)(H2,28,29,30,31,32). The van der Waals surface area contributed by atoms with E-state index in [4.69, 9.17) is 27.5 Å². The number of hydrogen-bond donors (Lipinski definition) is 5. The van der Waals surface area contributed by atoms with Crippen LogP contribution in [0.1, 0.15) is 22.3 Å². The van der Waals surface area contributed by atoms with E-state index in [0.717, 1.165) is 22.6 Å². The number of sulfonamides is 1. The molecule has 0 unspecified atom stereocenters. The van der Waals surface area contributed by atoms with E-state index in [2.05, 4.69) is 24.8 Å². The average Bonchev–Trinajstić information content (AvgIpc) is 3.63. The number of nitrogens with two attached hydrogens (primary N) is 2. The molecule has 2 amide bonds. The molecule has 0 aliphatic heterocycles. The number of furan rings is 1. The number of aromatic hydroxyl groups is 1. The Balaban J connectivity index is 1.25. The summed E-state index contributed by atoms with van der Waals surface area (Å²) in [4.78, 5) is 36.6. The molecule has 2 aromatic carbocycles. The van der Waals surface area contributed by atoms with Gasteiger partial charge < -0.3 is 26.1 Å². The van der Waals surface area contributed by atoms with Crippen molar-refractivity contribution in [2.45, 2.75) is 17.7 Å². The van der Waals surface area contributed by atoms with Crippen molar-refractivity contribution in [2.24, 2.45) is 5.73 Å². The Labute approximate surface area is 247 Å². The molecule has 0 aliphatic carbocycles. The number of rotatable bonds is 10. The smallest absolute Gasteiger partial charge is 0.414 e. The molecule has 3 heterocycles. The summed E-state index contributed by atoms with van der Waals surface area (Å²) in [6.07, 6.45) is 0.944. The molecule has 0 spiro atoms. The number of aryl methyl sites for hydroxylation is 1. The molecular formula is C25H22ClN9O7S. The van der Waals surface area contributed by atoms with Crippen molar-refractivity contribution in [1.29, 1.82) is 0 Å². The number of fused-ring (bicyclic) bond motifs is 1. The molecule has 5 rings (SSSR count). The Morgan fingerprint density at radius 2 is 1.86 bits per heavy atom. The summed E-state index contributed by atoms with van der Waals surface area (Å²) in [6.45, 7) is 0.0162. The molecular weight excluding hydrogens is 606 g/mol. The minimum atomic E-state index is -4.19. The summed E-state index contributed by atoms with van der Waals surface area (Å²) >= 11 is 5.86. The molecule has 16 nitrogen and oxygen atoms in total. The van der Waals surface area contributed by atoms with Gasteiger partial charge in [0, 0.05) is 12.2 Å². The predicted octanol–water partition coefficient (Wildman–Crippen LogP) is 2.74. The lowest BCUT2D eigenvalue weighted by molar-refractivity contribution is 0.0997. The fourth-order valence-corrected chi connectivity index (χ4v) is 5.41. The van der Waals surface area contributed by atoms with Crippen LogP contribution in [0.25, 0.3) is 17.4 Å². The Hall–Kier alpha value is -5.42. The van der Waals surface area contributed by atoms with Crippen LogP contribution in [0.5, 0.6) is 5.75 Å². The maximum absolute atomic E-state index is 12.8. The van der Waals surface area contributed by atoms with Crippen LogP contribution >= 0.6 is 11.6 Å². The lowest BCUT2D eigenvalue weighted by Gasteiger charge is -2.17. The molecule has 0 saturated heterocycles. The molecule has 18 heteroatoms. The average molecular weight is 628 g/mol. The van der Waals surface area contributed by atoms with Crippen molar-refractivity contribution in [3.8, 4) is 17.3 Å². The molecule has 43 heavy (non-hydrogen) atoms. The third kappa shape index (κ3) is 6.11. The number of hydrogen-bond acceptors (Lipinski definition) is 11. The number of amides is 2. The molecule has 3 aromatic heterocycles. The van der Waals surface area contributed by atoms with Crippen molar-refractivity contribution in [3.63, 3.8) is 0 Å². The summed E-state index contributed by atoms with van der Waals surface area (Å²) in [5.41, 5.74) is 11.7. The number of phenols is 1. The van der Waals surface area contributed by atoms with Crippen molar-refractivity contribution in [2.75, 3.05) is 21.9 Å². The van der Waals surface area contributed by atoms with E-state index in [1.165, 1.54) is 22.9 Å². The zero-order valence-corrected chi connectivity index (χ0v) is 23.4. The number of nitrogens with zero attached hydrogens (tertiary/aromatic N) is 6. The third-order valence-corrected chi connectivity index (χ3v) is 7.75. The monoisotopic (exact) mass is 627 g/mol. The number of primary amides is 1. The number of carbonyl (C=O) groups excluding carboxylic acids is 1. The summed E-state index contributed by atoms with van der Waals surface area (Å²) in [6, 6.07) is 11.6. The Morgan fingerprint density at radius 1 is 1.12 bits per heavy atom. The van der Waals surface area contributed by atoms with E-state index in [9.17, 15) is 28.2 Å². The SMILES string of the molecule is NC(=O)c1cc(S(=O)(=O)Nc2ccc(CCCN(C(=O)O)c3nc(N)n4nc(-c5ccco5)nc4n3)cc2)cc(Cl)c1O. The molecule has 0 bridgehead atoms. The first-order valence-corrected chi connectivity index (χ1v) is 14.2. The minimum Gasteiger partial charge on any atom is -0.506 e. The first-order chi connectivity index (χ1) is 20.4. The highest BCUT2D eigenvalue weighted by Gasteiger charge is 2.23. The Morgan fingerprint density at radius 3 is 2.51 bits per heavy atom. The summed E-state index contributed by atoms with van der Waals surface area (Å²) in [5, 5.41) is 23.5. The van der Waals surface area contributed by atoms with E-state index in [0.29, 0.717) is 18.6 Å². The van der Waals surface area contributed by atoms with Gasteiger partial charge in [-0.15, -0.1) is 5.10 Å². The second-order valence-electron chi connectivity index (χ2n) is 9.01. The van der Waals surface area contributed by atoms with Gasteiger partial charge in [-0.05, 0) is 54.8 Å². The van der Waals surface area contributed by atoms with Crippen molar-refractivity contribution in [1.82, 2.24) is 24.6 Å². The van der Waals surface area contributed by atoms with Crippen LogP contribution in [0, 0.1) is 0 Å². The van der Waals surface area contributed by atoms with Crippen LogP contribution in [0.3, 0.4) is 0 Å². The summed E-state index contributed by atoms with van der Waals surface area (Å²) < 4.78 is 34.5. The van der Waals surface area contributed by atoms with Gasteiger partial charge in [0.05, 0.1) is 21.7 Å². The van der Waals surface area contributed by atoms with Gasteiger partial charge in [0.25, 0.3) is 21.7 Å². The fourth-order valence-electron chi connectivity index (χ4n) is 4.02. The third-order valence-electron chi connectivity index (χ3n) is 6.10. The number of anilines is 3. The van der Waals surface area contributed by atoms with E-state index >= 15 is 0 Å². The molecule has 7 N–H and O–H groups in total. The van der Waals surface area contributed by atoms with Gasteiger partial charge in [-0.2, -0.15) is 19.5 Å². The highest BCUT2D eigenvalue weighted by atomic mass is 35.5. The lowest BCUT2D eigenvalue weighted by Crippen LogP contribution is -2.32. The van der Waals surface area contributed by atoms with E-state index in [1.807, 2.05) is 0 Å². The van der Waals surface area contributed by atoms with Crippen LogP contribution in [0.2, 0.25) is 5.02 Å². The second kappa shape index (κ2) is 11.5. The zero-order chi connectivity index (χ0) is 30.9. The van der Waals surface area contributed by atoms with Gasteiger partial charge in [-0.1, -0.05) is 23.7 Å². The first-order valence-electron chi connectivity index (χ1n) is 12.3. The number of nitrogen functional groups attached to an aromatic ring is 1.